The topological polar surface area (TPSA) is 67.4 Å². The maximum Gasteiger partial charge on any atom is 0.330 e. The van der Waals surface area contributed by atoms with Crippen LogP contribution in [0.5, 0.6) is 0 Å². The summed E-state index contributed by atoms with van der Waals surface area (Å²) < 4.78 is 4.68. The van der Waals surface area contributed by atoms with E-state index in [1.54, 1.807) is 6.92 Å². The lowest BCUT2D eigenvalue weighted by Gasteiger charge is -2.15. The van der Waals surface area contributed by atoms with Crippen LogP contribution in [0.2, 0.25) is 0 Å². The third-order valence-electron chi connectivity index (χ3n) is 2.73. The number of carbonyl (C=O) groups is 2. The zero-order valence-corrected chi connectivity index (χ0v) is 13.7. The van der Waals surface area contributed by atoms with Crippen molar-refractivity contribution < 1.29 is 14.3 Å². The highest BCUT2D eigenvalue weighted by molar-refractivity contribution is 7.80. The van der Waals surface area contributed by atoms with Crippen LogP contribution in [-0.2, 0) is 14.3 Å². The Labute approximate surface area is 135 Å². The Balaban J connectivity index is 2.60. The van der Waals surface area contributed by atoms with E-state index in [1.807, 2.05) is 24.3 Å². The fourth-order valence-corrected chi connectivity index (χ4v) is 1.97. The van der Waals surface area contributed by atoms with Gasteiger partial charge in [-0.1, -0.05) is 32.0 Å². The van der Waals surface area contributed by atoms with Crippen molar-refractivity contribution >= 4 is 34.9 Å². The van der Waals surface area contributed by atoms with E-state index >= 15 is 0 Å². The molecule has 6 heteroatoms. The Morgan fingerprint density at radius 2 is 1.95 bits per heavy atom. The fourth-order valence-electron chi connectivity index (χ4n) is 1.76. The third kappa shape index (κ3) is 6.05. The summed E-state index contributed by atoms with van der Waals surface area (Å²) in [5.41, 5.74) is 1.94. The van der Waals surface area contributed by atoms with E-state index in [1.165, 1.54) is 0 Å². The summed E-state index contributed by atoms with van der Waals surface area (Å²) in [6.45, 7) is 6.10. The molecular weight excluding hydrogens is 300 g/mol. The summed E-state index contributed by atoms with van der Waals surface area (Å²) in [5, 5.41) is 5.64. The number of nitrogens with one attached hydrogen (secondary N) is 2. The number of amides is 1. The van der Waals surface area contributed by atoms with E-state index in [9.17, 15) is 9.59 Å². The maximum atomic E-state index is 11.6. The van der Waals surface area contributed by atoms with Crippen molar-refractivity contribution in [2.45, 2.75) is 26.7 Å². The number of carbonyl (C=O) groups excluding carboxylic acids is 2. The minimum absolute atomic E-state index is 0.173. The summed E-state index contributed by atoms with van der Waals surface area (Å²) in [4.78, 5) is 22.7. The van der Waals surface area contributed by atoms with Gasteiger partial charge in [0.2, 0.25) is 5.91 Å². The molecule has 0 heterocycles. The zero-order valence-electron chi connectivity index (χ0n) is 12.9. The van der Waals surface area contributed by atoms with Crippen molar-refractivity contribution in [3.63, 3.8) is 0 Å². The Morgan fingerprint density at radius 3 is 2.59 bits per heavy atom. The van der Waals surface area contributed by atoms with Crippen LogP contribution in [-0.4, -0.2) is 23.6 Å². The molecule has 0 aliphatic heterocycles. The molecule has 0 radical (unpaired) electrons. The van der Waals surface area contributed by atoms with Crippen LogP contribution in [0.4, 0.5) is 5.69 Å². The molecule has 0 aromatic heterocycles. The molecule has 5 nitrogen and oxygen atoms in total. The van der Waals surface area contributed by atoms with E-state index in [0.717, 1.165) is 23.4 Å². The minimum atomic E-state index is -0.568. The number of para-hydroxylation sites is 1. The van der Waals surface area contributed by atoms with Crippen LogP contribution in [0.1, 0.15) is 32.3 Å². The number of ether oxygens (including phenoxy) is 1. The van der Waals surface area contributed by atoms with Gasteiger partial charge in [-0.2, -0.15) is 0 Å². The first-order chi connectivity index (χ1) is 10.4. The van der Waals surface area contributed by atoms with E-state index in [-0.39, 0.29) is 11.7 Å². The molecule has 0 fully saturated rings. The van der Waals surface area contributed by atoms with E-state index < -0.39 is 11.9 Å². The molecule has 0 atom stereocenters. The fraction of sp³-hybridized carbons (Fsp3) is 0.312. The van der Waals surface area contributed by atoms with Gasteiger partial charge in [-0.25, -0.2) is 4.79 Å². The van der Waals surface area contributed by atoms with Gasteiger partial charge in [-0.15, -0.1) is 0 Å². The molecule has 0 unspecified atom stereocenters. The summed E-state index contributed by atoms with van der Waals surface area (Å²) in [6.07, 6.45) is 2.14. The third-order valence-corrected chi connectivity index (χ3v) is 2.93. The molecule has 22 heavy (non-hydrogen) atoms. The van der Waals surface area contributed by atoms with Gasteiger partial charge in [0.15, 0.2) is 5.11 Å². The summed E-state index contributed by atoms with van der Waals surface area (Å²) in [6, 6.07) is 7.73. The van der Waals surface area contributed by atoms with Crippen LogP contribution in [0, 0.1) is 0 Å². The van der Waals surface area contributed by atoms with E-state index in [2.05, 4.69) is 29.2 Å². The molecular formula is C16H20N2O3S. The zero-order chi connectivity index (χ0) is 16.5. The van der Waals surface area contributed by atoms with Gasteiger partial charge in [0.1, 0.15) is 0 Å². The Hall–Kier alpha value is -2.21. The molecule has 118 valence electrons. The maximum absolute atomic E-state index is 11.6. The van der Waals surface area contributed by atoms with Crippen molar-refractivity contribution in [1.82, 2.24) is 5.32 Å². The van der Waals surface area contributed by atoms with Gasteiger partial charge in [0, 0.05) is 17.8 Å². The number of rotatable bonds is 5. The highest BCUT2D eigenvalue weighted by Crippen LogP contribution is 2.23. The Bertz CT molecular complexity index is 583. The molecule has 0 saturated heterocycles. The SMILES string of the molecule is CCOC(=O)/C=C/C(=O)NC(=S)Nc1ccccc1C(C)C. The van der Waals surface area contributed by atoms with Gasteiger partial charge in [-0.05, 0) is 36.7 Å². The average Bonchev–Trinajstić information content (AvgIpc) is 2.45. The molecule has 1 aromatic rings. The largest absolute Gasteiger partial charge is 0.463 e. The quantitative estimate of drug-likeness (QED) is 0.496. The van der Waals surface area contributed by atoms with Crippen LogP contribution in [0.3, 0.4) is 0 Å². The average molecular weight is 320 g/mol. The Kier molecular flexibility index (Phi) is 7.25. The molecule has 0 saturated carbocycles. The van der Waals surface area contributed by atoms with Gasteiger partial charge < -0.3 is 10.1 Å². The molecule has 0 spiro atoms. The number of benzene rings is 1. The van der Waals surface area contributed by atoms with Crippen molar-refractivity contribution in [3.05, 3.63) is 42.0 Å². The lowest BCUT2D eigenvalue weighted by Crippen LogP contribution is -2.33. The predicted octanol–water partition coefficient (Wildman–Crippen LogP) is 2.74. The summed E-state index contributed by atoms with van der Waals surface area (Å²) >= 11 is 5.10. The lowest BCUT2D eigenvalue weighted by molar-refractivity contribution is -0.137. The van der Waals surface area contributed by atoms with Crippen molar-refractivity contribution in [3.8, 4) is 0 Å². The van der Waals surface area contributed by atoms with Crippen molar-refractivity contribution in [2.24, 2.45) is 0 Å². The van der Waals surface area contributed by atoms with Crippen LogP contribution >= 0.6 is 12.2 Å². The van der Waals surface area contributed by atoms with Crippen LogP contribution in [0.25, 0.3) is 0 Å². The molecule has 1 rings (SSSR count). The van der Waals surface area contributed by atoms with Gasteiger partial charge in [-0.3, -0.25) is 10.1 Å². The van der Waals surface area contributed by atoms with E-state index in [0.29, 0.717) is 5.92 Å². The molecule has 0 aliphatic rings. The Morgan fingerprint density at radius 1 is 1.27 bits per heavy atom. The number of hydrogen-bond donors (Lipinski definition) is 2. The molecule has 0 bridgehead atoms. The normalized spacial score (nSPS) is 10.5. The molecule has 0 aliphatic carbocycles. The lowest BCUT2D eigenvalue weighted by atomic mass is 10.0. The van der Waals surface area contributed by atoms with Crippen molar-refractivity contribution in [2.75, 3.05) is 11.9 Å². The minimum Gasteiger partial charge on any atom is -0.463 e. The van der Waals surface area contributed by atoms with E-state index in [4.69, 9.17) is 12.2 Å². The standard InChI is InChI=1S/C16H20N2O3S/c1-4-21-15(20)10-9-14(19)18-16(22)17-13-8-6-5-7-12(13)11(2)3/h5-11H,4H2,1-3H3,(H2,17,18,19,22)/b10-9+. The van der Waals surface area contributed by atoms with Crippen LogP contribution in [0.15, 0.2) is 36.4 Å². The van der Waals surface area contributed by atoms with Crippen LogP contribution < -0.4 is 10.6 Å². The first kappa shape index (κ1) is 17.8. The first-order valence-electron chi connectivity index (χ1n) is 6.99. The second-order valence-corrected chi connectivity index (χ2v) is 5.18. The number of hydrogen-bond acceptors (Lipinski definition) is 4. The molecule has 1 amide bonds. The van der Waals surface area contributed by atoms with Crippen molar-refractivity contribution in [1.29, 1.82) is 0 Å². The first-order valence-corrected chi connectivity index (χ1v) is 7.40. The molecule has 1 aromatic carbocycles. The number of anilines is 1. The predicted molar refractivity (Wildman–Crippen MR) is 90.7 cm³/mol. The highest BCUT2D eigenvalue weighted by Gasteiger charge is 2.08. The molecule has 2 N–H and O–H groups in total. The van der Waals surface area contributed by atoms with Gasteiger partial charge in [0.05, 0.1) is 6.61 Å². The second-order valence-electron chi connectivity index (χ2n) is 4.77. The smallest absolute Gasteiger partial charge is 0.330 e. The summed E-state index contributed by atoms with van der Waals surface area (Å²) in [5.74, 6) is -0.736. The summed E-state index contributed by atoms with van der Waals surface area (Å²) in [7, 11) is 0. The highest BCUT2D eigenvalue weighted by atomic mass is 32.1. The second kappa shape index (κ2) is 8.94. The monoisotopic (exact) mass is 320 g/mol. The number of thiocarbonyl (C=S) groups is 1. The number of esters is 1. The van der Waals surface area contributed by atoms with Gasteiger partial charge in [0.25, 0.3) is 0 Å². The van der Waals surface area contributed by atoms with Gasteiger partial charge >= 0.3 is 5.97 Å².